The van der Waals surface area contributed by atoms with Crippen molar-refractivity contribution in [3.05, 3.63) is 47.5 Å². The molecule has 0 bridgehead atoms. The fourth-order valence-electron chi connectivity index (χ4n) is 4.22. The van der Waals surface area contributed by atoms with Crippen LogP contribution in [0.3, 0.4) is 0 Å². The van der Waals surface area contributed by atoms with Gasteiger partial charge in [0.15, 0.2) is 0 Å². The fraction of sp³-hybridized carbons (Fsp3) is 0.625. The molecule has 0 aromatic heterocycles. The van der Waals surface area contributed by atoms with Crippen LogP contribution in [0.1, 0.15) is 87.9 Å². The number of hydrogen-bond donors (Lipinski definition) is 2. The molecule has 3 nitrogen and oxygen atoms in total. The van der Waals surface area contributed by atoms with E-state index in [1.165, 1.54) is 5.56 Å². The quantitative estimate of drug-likeness (QED) is 0.213. The van der Waals surface area contributed by atoms with Gasteiger partial charge < -0.3 is 10.2 Å². The van der Waals surface area contributed by atoms with Crippen molar-refractivity contribution in [3.8, 4) is 0 Å². The SMILES string of the molecule is CCCCCC(O)c1ccc(C2C(Cl)CC(Cl)[C@@H]2C/C=C\CCCC(=O)O)cc1. The number of alkyl halides is 2. The number of aliphatic carboxylic acids is 1. The van der Waals surface area contributed by atoms with E-state index in [4.69, 9.17) is 28.3 Å². The van der Waals surface area contributed by atoms with Crippen LogP contribution in [0.5, 0.6) is 0 Å². The second-order valence-corrected chi connectivity index (χ2v) is 9.25. The van der Waals surface area contributed by atoms with Crippen LogP contribution in [0, 0.1) is 5.92 Å². The predicted molar refractivity (Wildman–Crippen MR) is 121 cm³/mol. The lowest BCUT2D eigenvalue weighted by Crippen LogP contribution is -2.16. The summed E-state index contributed by atoms with van der Waals surface area (Å²) >= 11 is 13.3. The van der Waals surface area contributed by atoms with Crippen LogP contribution in [0.2, 0.25) is 0 Å². The highest BCUT2D eigenvalue weighted by Gasteiger charge is 2.41. The van der Waals surface area contributed by atoms with Crippen molar-refractivity contribution in [2.75, 3.05) is 0 Å². The number of carbonyl (C=O) groups is 1. The Morgan fingerprint density at radius 2 is 1.86 bits per heavy atom. The minimum Gasteiger partial charge on any atom is -0.481 e. The van der Waals surface area contributed by atoms with Crippen molar-refractivity contribution < 1.29 is 15.0 Å². The van der Waals surface area contributed by atoms with E-state index in [1.54, 1.807) is 0 Å². The molecule has 2 N–H and O–H groups in total. The first-order valence-corrected chi connectivity index (χ1v) is 11.7. The largest absolute Gasteiger partial charge is 0.481 e. The zero-order valence-corrected chi connectivity index (χ0v) is 18.8. The molecule has 1 aromatic rings. The molecule has 0 heterocycles. The molecule has 162 valence electrons. The van der Waals surface area contributed by atoms with Gasteiger partial charge in [0.2, 0.25) is 0 Å². The van der Waals surface area contributed by atoms with Gasteiger partial charge in [0.1, 0.15) is 0 Å². The van der Waals surface area contributed by atoms with E-state index in [2.05, 4.69) is 31.2 Å². The molecule has 0 amide bonds. The first kappa shape index (κ1) is 24.2. The molecule has 1 aliphatic carbocycles. The number of hydrogen-bond acceptors (Lipinski definition) is 2. The first-order valence-electron chi connectivity index (χ1n) is 10.9. The molecule has 29 heavy (non-hydrogen) atoms. The molecule has 0 saturated heterocycles. The number of rotatable bonds is 12. The maximum absolute atomic E-state index is 10.6. The van der Waals surface area contributed by atoms with Gasteiger partial charge in [0.05, 0.1) is 6.10 Å². The van der Waals surface area contributed by atoms with Crippen molar-refractivity contribution in [1.29, 1.82) is 0 Å². The minimum atomic E-state index is -0.751. The molecule has 1 fully saturated rings. The van der Waals surface area contributed by atoms with Gasteiger partial charge >= 0.3 is 5.97 Å². The summed E-state index contributed by atoms with van der Waals surface area (Å²) in [5, 5.41) is 19.1. The Hall–Kier alpha value is -1.03. The fourth-order valence-corrected chi connectivity index (χ4v) is 5.28. The molecule has 5 heteroatoms. The van der Waals surface area contributed by atoms with Crippen molar-refractivity contribution >= 4 is 29.2 Å². The summed E-state index contributed by atoms with van der Waals surface area (Å²) in [7, 11) is 0. The predicted octanol–water partition coefficient (Wildman–Crippen LogP) is 6.82. The molecule has 2 rings (SSSR count). The van der Waals surface area contributed by atoms with Gasteiger partial charge in [0, 0.05) is 23.1 Å². The van der Waals surface area contributed by atoms with Gasteiger partial charge in [-0.15, -0.1) is 23.2 Å². The molecule has 0 aliphatic heterocycles. The van der Waals surface area contributed by atoms with Gasteiger partial charge in [-0.05, 0) is 49.1 Å². The van der Waals surface area contributed by atoms with Crippen LogP contribution in [-0.4, -0.2) is 26.9 Å². The smallest absolute Gasteiger partial charge is 0.303 e. The third kappa shape index (κ3) is 7.62. The molecule has 5 atom stereocenters. The zero-order valence-electron chi connectivity index (χ0n) is 17.3. The zero-order chi connectivity index (χ0) is 21.2. The summed E-state index contributed by atoms with van der Waals surface area (Å²) in [5.41, 5.74) is 2.15. The Balaban J connectivity index is 1.96. The van der Waals surface area contributed by atoms with E-state index < -0.39 is 12.1 Å². The van der Waals surface area contributed by atoms with Gasteiger partial charge in [0.25, 0.3) is 0 Å². The Kier molecular flexibility index (Phi) is 10.5. The monoisotopic (exact) mass is 440 g/mol. The first-order chi connectivity index (χ1) is 13.9. The number of halogens is 2. The highest BCUT2D eigenvalue weighted by Crippen LogP contribution is 2.47. The van der Waals surface area contributed by atoms with Crippen LogP contribution in [0.25, 0.3) is 0 Å². The van der Waals surface area contributed by atoms with Crippen molar-refractivity contribution in [2.45, 2.75) is 87.5 Å². The number of allylic oxidation sites excluding steroid dienone is 2. The lowest BCUT2D eigenvalue weighted by atomic mass is 9.85. The normalized spacial score (nSPS) is 25.5. The van der Waals surface area contributed by atoms with Gasteiger partial charge in [-0.1, -0.05) is 62.6 Å². The van der Waals surface area contributed by atoms with E-state index in [-0.39, 0.29) is 29.0 Å². The van der Waals surface area contributed by atoms with E-state index in [0.29, 0.717) is 6.42 Å². The number of aliphatic hydroxyl groups excluding tert-OH is 1. The van der Waals surface area contributed by atoms with Gasteiger partial charge in [-0.25, -0.2) is 0 Å². The van der Waals surface area contributed by atoms with E-state index >= 15 is 0 Å². The van der Waals surface area contributed by atoms with Crippen LogP contribution >= 0.6 is 23.2 Å². The average molecular weight is 441 g/mol. The maximum Gasteiger partial charge on any atom is 0.303 e. The van der Waals surface area contributed by atoms with E-state index in [9.17, 15) is 9.90 Å². The number of benzene rings is 1. The molecule has 4 unspecified atom stereocenters. The van der Waals surface area contributed by atoms with Crippen LogP contribution < -0.4 is 0 Å². The lowest BCUT2D eigenvalue weighted by molar-refractivity contribution is -0.137. The summed E-state index contributed by atoms with van der Waals surface area (Å²) < 4.78 is 0. The standard InChI is InChI=1S/C24H34Cl2O3/c1-2-3-6-10-22(27)17-12-14-18(15-13-17)24-19(20(25)16-21(24)26)9-7-4-5-8-11-23(28)29/h4,7,12-15,19-22,24,27H,2-3,5-6,8-11,16H2,1H3,(H,28,29)/b7-4-/t19-,20?,21?,22?,24?/m0/s1. The average Bonchev–Trinajstić information content (AvgIpc) is 2.97. The molecule has 1 aromatic carbocycles. The third-order valence-corrected chi connectivity index (χ3v) is 6.84. The highest BCUT2D eigenvalue weighted by atomic mass is 35.5. The summed E-state index contributed by atoms with van der Waals surface area (Å²) in [5.74, 6) is -0.302. The Morgan fingerprint density at radius 3 is 2.52 bits per heavy atom. The lowest BCUT2D eigenvalue weighted by Gasteiger charge is -2.23. The molecule has 1 aliphatic rings. The molecule has 0 spiro atoms. The summed E-state index contributed by atoms with van der Waals surface area (Å²) in [6.45, 7) is 2.16. The van der Waals surface area contributed by atoms with Crippen molar-refractivity contribution in [1.82, 2.24) is 0 Å². The van der Waals surface area contributed by atoms with Crippen molar-refractivity contribution in [3.63, 3.8) is 0 Å². The van der Waals surface area contributed by atoms with Crippen molar-refractivity contribution in [2.24, 2.45) is 5.92 Å². The highest BCUT2D eigenvalue weighted by molar-refractivity contribution is 6.25. The van der Waals surface area contributed by atoms with E-state index in [1.807, 2.05) is 12.1 Å². The van der Waals surface area contributed by atoms with Gasteiger partial charge in [-0.2, -0.15) is 0 Å². The second kappa shape index (κ2) is 12.6. The number of unbranched alkanes of at least 4 members (excludes halogenated alkanes) is 3. The maximum atomic E-state index is 10.6. The molecular formula is C24H34Cl2O3. The number of carboxylic acid groups (broad SMARTS) is 1. The second-order valence-electron chi connectivity index (χ2n) is 8.13. The summed E-state index contributed by atoms with van der Waals surface area (Å²) in [6.07, 6.45) is 11.2. The molecular weight excluding hydrogens is 407 g/mol. The number of aliphatic hydroxyl groups is 1. The molecule has 1 saturated carbocycles. The summed E-state index contributed by atoms with van der Waals surface area (Å²) in [6, 6.07) is 8.24. The topological polar surface area (TPSA) is 57.5 Å². The minimum absolute atomic E-state index is 0.00300. The Morgan fingerprint density at radius 1 is 1.14 bits per heavy atom. The third-order valence-electron chi connectivity index (χ3n) is 5.89. The Bertz CT molecular complexity index is 644. The van der Waals surface area contributed by atoms with Crippen LogP contribution in [0.15, 0.2) is 36.4 Å². The Labute approximate surface area is 185 Å². The van der Waals surface area contributed by atoms with Crippen LogP contribution in [0.4, 0.5) is 0 Å². The number of carboxylic acids is 1. The summed E-state index contributed by atoms with van der Waals surface area (Å²) in [4.78, 5) is 10.6. The van der Waals surface area contributed by atoms with E-state index in [0.717, 1.165) is 50.5 Å². The van der Waals surface area contributed by atoms with Crippen LogP contribution in [-0.2, 0) is 4.79 Å². The van der Waals surface area contributed by atoms with Gasteiger partial charge in [-0.3, -0.25) is 4.79 Å². The molecule has 0 radical (unpaired) electrons.